The lowest BCUT2D eigenvalue weighted by Crippen LogP contribution is -2.60. The lowest BCUT2D eigenvalue weighted by atomic mass is 9.45. The zero-order valence-electron chi connectivity index (χ0n) is 17.7. The molecule has 0 spiro atoms. The second-order valence-electron chi connectivity index (χ2n) is 9.59. The van der Waals surface area contributed by atoms with Crippen molar-refractivity contribution >= 4 is 0 Å². The summed E-state index contributed by atoms with van der Waals surface area (Å²) in [7, 11) is 0. The van der Waals surface area contributed by atoms with Crippen LogP contribution >= 0.6 is 0 Å². The Hall–Kier alpha value is -1.64. The summed E-state index contributed by atoms with van der Waals surface area (Å²) in [4.78, 5) is 0. The molecule has 2 aromatic carbocycles. The summed E-state index contributed by atoms with van der Waals surface area (Å²) in [6.07, 6.45) is 2.82. The highest BCUT2D eigenvalue weighted by atomic mass is 15.0. The fourth-order valence-corrected chi connectivity index (χ4v) is 5.81. The smallest absolute Gasteiger partial charge is 0.0214 e. The van der Waals surface area contributed by atoms with E-state index in [1.165, 1.54) is 24.0 Å². The molecule has 3 fully saturated rings. The highest BCUT2D eigenvalue weighted by molar-refractivity contribution is 5.32. The Bertz CT molecular complexity index is 700. The molecule has 0 aliphatic heterocycles. The third-order valence-electron chi connectivity index (χ3n) is 7.81. The van der Waals surface area contributed by atoms with Gasteiger partial charge < -0.3 is 10.6 Å². The topological polar surface area (TPSA) is 24.1 Å². The molecule has 4 atom stereocenters. The summed E-state index contributed by atoms with van der Waals surface area (Å²) in [6.45, 7) is 10.5. The Morgan fingerprint density at radius 3 is 2.04 bits per heavy atom. The number of rotatable bonds is 8. The van der Waals surface area contributed by atoms with E-state index in [0.29, 0.717) is 17.4 Å². The lowest BCUT2D eigenvalue weighted by molar-refractivity contribution is -0.114. The quantitative estimate of drug-likeness (QED) is 0.629. The Balaban J connectivity index is 1.27. The van der Waals surface area contributed by atoms with Crippen LogP contribution in [0.1, 0.15) is 50.7 Å². The molecule has 3 aliphatic rings. The van der Waals surface area contributed by atoms with E-state index in [1.807, 2.05) is 0 Å². The van der Waals surface area contributed by atoms with Crippen molar-refractivity contribution in [1.29, 1.82) is 0 Å². The number of benzene rings is 2. The Labute approximate surface area is 171 Å². The second-order valence-corrected chi connectivity index (χ2v) is 9.59. The van der Waals surface area contributed by atoms with Crippen LogP contribution in [-0.2, 0) is 0 Å². The average molecular weight is 377 g/mol. The van der Waals surface area contributed by atoms with Crippen molar-refractivity contribution in [2.75, 3.05) is 19.6 Å². The minimum Gasteiger partial charge on any atom is -0.315 e. The number of fused-ring (bicyclic) bond motifs is 2. The van der Waals surface area contributed by atoms with E-state index in [2.05, 4.69) is 92.1 Å². The van der Waals surface area contributed by atoms with Gasteiger partial charge in [-0.25, -0.2) is 0 Å². The van der Waals surface area contributed by atoms with Gasteiger partial charge in [-0.1, -0.05) is 81.4 Å². The summed E-state index contributed by atoms with van der Waals surface area (Å²) in [5.41, 5.74) is 3.35. The molecule has 2 aromatic rings. The molecule has 2 nitrogen and oxygen atoms in total. The zero-order valence-corrected chi connectivity index (χ0v) is 17.7. The van der Waals surface area contributed by atoms with Gasteiger partial charge in [0, 0.05) is 31.6 Å². The molecule has 150 valence electrons. The fraction of sp³-hybridized carbons (Fsp3) is 0.538. The van der Waals surface area contributed by atoms with E-state index >= 15 is 0 Å². The van der Waals surface area contributed by atoms with Gasteiger partial charge in [0.15, 0.2) is 0 Å². The first kappa shape index (κ1) is 19.7. The molecular weight excluding hydrogens is 340 g/mol. The highest BCUT2D eigenvalue weighted by Gasteiger charge is 2.55. The van der Waals surface area contributed by atoms with Gasteiger partial charge in [0.05, 0.1) is 0 Å². The van der Waals surface area contributed by atoms with Crippen molar-refractivity contribution in [3.63, 3.8) is 0 Å². The Kier molecular flexibility index (Phi) is 5.89. The van der Waals surface area contributed by atoms with Gasteiger partial charge in [0.1, 0.15) is 0 Å². The van der Waals surface area contributed by atoms with E-state index in [9.17, 15) is 0 Å². The van der Waals surface area contributed by atoms with E-state index in [1.54, 1.807) is 0 Å². The molecule has 0 saturated heterocycles. The summed E-state index contributed by atoms with van der Waals surface area (Å²) in [5.74, 6) is 3.06. The number of nitrogens with one attached hydrogen (secondary N) is 2. The molecule has 2 heteroatoms. The lowest BCUT2D eigenvalue weighted by Gasteiger charge is -2.62. The van der Waals surface area contributed by atoms with Crippen molar-refractivity contribution in [2.45, 2.75) is 45.6 Å². The SMILES string of the molecule is C[C@@H]1C2C[C@H](C[C@H]1NCCNCC(c1ccccc1)c1ccccc1)C2(C)C. The third-order valence-corrected chi connectivity index (χ3v) is 7.81. The van der Waals surface area contributed by atoms with E-state index in [0.717, 1.165) is 37.4 Å². The zero-order chi connectivity index (χ0) is 19.6. The van der Waals surface area contributed by atoms with Crippen LogP contribution in [0.3, 0.4) is 0 Å². The fourth-order valence-electron chi connectivity index (χ4n) is 5.81. The molecule has 5 rings (SSSR count). The highest BCUT2D eigenvalue weighted by Crippen LogP contribution is 2.61. The molecule has 3 saturated carbocycles. The van der Waals surface area contributed by atoms with Crippen molar-refractivity contribution in [1.82, 2.24) is 10.6 Å². The molecule has 2 bridgehead atoms. The normalized spacial score (nSPS) is 28.1. The van der Waals surface area contributed by atoms with Gasteiger partial charge in [-0.05, 0) is 47.1 Å². The van der Waals surface area contributed by atoms with Crippen LogP contribution in [0.4, 0.5) is 0 Å². The first-order valence-corrected chi connectivity index (χ1v) is 11.1. The van der Waals surface area contributed by atoms with Crippen LogP contribution in [-0.4, -0.2) is 25.7 Å². The predicted molar refractivity (Wildman–Crippen MR) is 119 cm³/mol. The number of hydrogen-bond acceptors (Lipinski definition) is 2. The van der Waals surface area contributed by atoms with Crippen LogP contribution in [0, 0.1) is 23.2 Å². The molecule has 0 amide bonds. The molecule has 3 aliphatic carbocycles. The summed E-state index contributed by atoms with van der Waals surface area (Å²) in [5, 5.41) is 7.57. The van der Waals surface area contributed by atoms with Gasteiger partial charge in [-0.2, -0.15) is 0 Å². The maximum atomic E-state index is 3.86. The van der Waals surface area contributed by atoms with Gasteiger partial charge >= 0.3 is 0 Å². The Morgan fingerprint density at radius 1 is 0.893 bits per heavy atom. The van der Waals surface area contributed by atoms with E-state index in [4.69, 9.17) is 0 Å². The van der Waals surface area contributed by atoms with Gasteiger partial charge in [0.2, 0.25) is 0 Å². The van der Waals surface area contributed by atoms with Gasteiger partial charge in [-0.3, -0.25) is 0 Å². The monoisotopic (exact) mass is 376 g/mol. The maximum Gasteiger partial charge on any atom is 0.0214 e. The maximum absolute atomic E-state index is 3.86. The summed E-state index contributed by atoms with van der Waals surface area (Å²) >= 11 is 0. The summed E-state index contributed by atoms with van der Waals surface area (Å²) in [6, 6.07) is 22.5. The first-order valence-electron chi connectivity index (χ1n) is 11.1. The standard InChI is InChI=1S/C26H36N2/c1-19-24-16-22(26(24,2)3)17-25(19)28-15-14-27-18-23(20-10-6-4-7-11-20)21-12-8-5-9-13-21/h4-13,19,22-25,27-28H,14-18H2,1-3H3/t19-,22-,24?,25-/m1/s1. The Morgan fingerprint density at radius 2 is 1.50 bits per heavy atom. The van der Waals surface area contributed by atoms with Gasteiger partial charge in [0.25, 0.3) is 0 Å². The largest absolute Gasteiger partial charge is 0.315 e. The van der Waals surface area contributed by atoms with Crippen LogP contribution in [0.2, 0.25) is 0 Å². The predicted octanol–water partition coefficient (Wildman–Crippen LogP) is 5.07. The molecule has 0 aromatic heterocycles. The summed E-state index contributed by atoms with van der Waals surface area (Å²) < 4.78 is 0. The molecule has 2 N–H and O–H groups in total. The molecular formula is C26H36N2. The second kappa shape index (κ2) is 8.39. The van der Waals surface area contributed by atoms with Crippen LogP contribution in [0.5, 0.6) is 0 Å². The van der Waals surface area contributed by atoms with Crippen molar-refractivity contribution in [3.05, 3.63) is 71.8 Å². The van der Waals surface area contributed by atoms with Crippen LogP contribution < -0.4 is 10.6 Å². The number of hydrogen-bond donors (Lipinski definition) is 2. The average Bonchev–Trinajstić information content (AvgIpc) is 2.72. The molecule has 28 heavy (non-hydrogen) atoms. The van der Waals surface area contributed by atoms with Crippen molar-refractivity contribution < 1.29 is 0 Å². The van der Waals surface area contributed by atoms with Gasteiger partial charge in [-0.15, -0.1) is 0 Å². The van der Waals surface area contributed by atoms with Crippen LogP contribution in [0.25, 0.3) is 0 Å². The van der Waals surface area contributed by atoms with Crippen molar-refractivity contribution in [3.8, 4) is 0 Å². The van der Waals surface area contributed by atoms with Crippen LogP contribution in [0.15, 0.2) is 60.7 Å². The minimum absolute atomic E-state index is 0.407. The molecule has 1 unspecified atom stereocenters. The van der Waals surface area contributed by atoms with Crippen molar-refractivity contribution in [2.24, 2.45) is 23.2 Å². The molecule has 0 heterocycles. The van der Waals surface area contributed by atoms with E-state index in [-0.39, 0.29) is 0 Å². The first-order chi connectivity index (χ1) is 13.6. The minimum atomic E-state index is 0.407. The third kappa shape index (κ3) is 3.90. The molecule has 0 radical (unpaired) electrons. The van der Waals surface area contributed by atoms with E-state index < -0.39 is 0 Å².